The summed E-state index contributed by atoms with van der Waals surface area (Å²) in [6.07, 6.45) is 3.39. The summed E-state index contributed by atoms with van der Waals surface area (Å²) in [7, 11) is 2.99. The minimum Gasteiger partial charge on any atom is -0.508 e. The molecule has 5 heterocycles. The minimum absolute atomic E-state index is 0.00650. The second-order valence-corrected chi connectivity index (χ2v) is 14.3. The molecule has 3 N–H and O–H groups in total. The molecule has 264 valence electrons. The molecule has 4 aromatic rings. The summed E-state index contributed by atoms with van der Waals surface area (Å²) >= 11 is 14.0. The topological polar surface area (TPSA) is 133 Å². The number of pyridine rings is 1. The van der Waals surface area contributed by atoms with E-state index in [1.807, 2.05) is 0 Å². The number of aromatic hydroxyl groups is 1. The number of carbonyl (C=O) groups excluding carboxylic acids is 1. The molecule has 3 aliphatic rings. The molecule has 0 spiro atoms. The van der Waals surface area contributed by atoms with Gasteiger partial charge in [-0.25, -0.2) is 14.0 Å². The molecular weight excluding hydrogens is 712 g/mol. The molecule has 2 aromatic heterocycles. The number of phenolic OH excluding ortho intramolecular Hbond substituents is 1. The molecule has 3 fully saturated rings. The number of phenols is 1. The van der Waals surface area contributed by atoms with Crippen molar-refractivity contribution < 1.29 is 48.3 Å². The van der Waals surface area contributed by atoms with Crippen LogP contribution in [0.15, 0.2) is 54.9 Å². The Morgan fingerprint density at radius 1 is 1.06 bits per heavy atom. The van der Waals surface area contributed by atoms with Gasteiger partial charge in [-0.1, -0.05) is 29.3 Å². The van der Waals surface area contributed by atoms with Gasteiger partial charge in [0, 0.05) is 39.8 Å². The Labute approximate surface area is 301 Å². The Kier molecular flexibility index (Phi) is 10.6. The normalized spacial score (nSPS) is 18.8. The zero-order valence-electron chi connectivity index (χ0n) is 27.1. The van der Waals surface area contributed by atoms with Gasteiger partial charge in [0.2, 0.25) is 12.4 Å². The molecule has 0 unspecified atom stereocenters. The van der Waals surface area contributed by atoms with Gasteiger partial charge in [-0.3, -0.25) is 15.0 Å². The zero-order valence-corrected chi connectivity index (χ0v) is 29.5. The largest absolute Gasteiger partial charge is 0.508 e. The van der Waals surface area contributed by atoms with Gasteiger partial charge in [-0.2, -0.15) is 0 Å². The van der Waals surface area contributed by atoms with E-state index in [1.165, 1.54) is 37.6 Å². The number of aromatic carboxylic acids is 1. The Balaban J connectivity index is 1.42. The van der Waals surface area contributed by atoms with Crippen LogP contribution in [-0.2, 0) is 17.7 Å². The summed E-state index contributed by atoms with van der Waals surface area (Å²) in [4.78, 5) is 30.6. The third kappa shape index (κ3) is 7.55. The third-order valence-electron chi connectivity index (χ3n) is 9.23. The van der Waals surface area contributed by atoms with Crippen molar-refractivity contribution in [1.29, 1.82) is 0 Å². The van der Waals surface area contributed by atoms with Crippen LogP contribution < -0.4 is 19.1 Å². The molecule has 7 rings (SSSR count). The molecule has 11 nitrogen and oxygen atoms in total. The molecule has 3 saturated heterocycles. The van der Waals surface area contributed by atoms with Crippen molar-refractivity contribution in [3.05, 3.63) is 97.2 Å². The average Bonchev–Trinajstić information content (AvgIpc) is 3.50. The summed E-state index contributed by atoms with van der Waals surface area (Å²) < 4.78 is 32.3. The Hall–Kier alpha value is -4.30. The SMILES string of the molecule is COc1ccc([C@H](Cc2c(Cl)c[n+](O)cc2Cl)c2cc(CN(C(=O)O[C@H]3CN4CCC3CC4)c3cc(O)cc(F)c3)sc2C(=O)O)cc1OC. The minimum atomic E-state index is -1.20. The molecule has 0 radical (unpaired) electrons. The van der Waals surface area contributed by atoms with Crippen LogP contribution in [0.25, 0.3) is 0 Å². The third-order valence-corrected chi connectivity index (χ3v) is 11.0. The van der Waals surface area contributed by atoms with Crippen LogP contribution >= 0.6 is 34.5 Å². The number of rotatable bonds is 11. The second kappa shape index (κ2) is 14.9. The highest BCUT2D eigenvalue weighted by Gasteiger charge is 2.38. The highest BCUT2D eigenvalue weighted by atomic mass is 35.5. The van der Waals surface area contributed by atoms with Crippen molar-refractivity contribution in [2.24, 2.45) is 5.92 Å². The van der Waals surface area contributed by atoms with E-state index in [-0.39, 0.29) is 51.3 Å². The number of piperidine rings is 3. The number of carbonyl (C=O) groups is 2. The second-order valence-electron chi connectivity index (χ2n) is 12.3. The van der Waals surface area contributed by atoms with Crippen LogP contribution in [0.1, 0.15) is 50.0 Å². The van der Waals surface area contributed by atoms with Crippen LogP contribution in [-0.4, -0.2) is 72.3 Å². The summed E-state index contributed by atoms with van der Waals surface area (Å²) in [5, 5.41) is 31.0. The van der Waals surface area contributed by atoms with Crippen molar-refractivity contribution >= 4 is 52.3 Å². The van der Waals surface area contributed by atoms with Crippen LogP contribution in [0.5, 0.6) is 17.2 Å². The molecule has 50 heavy (non-hydrogen) atoms. The number of carboxylic acids is 1. The van der Waals surface area contributed by atoms with Crippen LogP contribution in [0.3, 0.4) is 0 Å². The number of aromatic nitrogens is 1. The van der Waals surface area contributed by atoms with Crippen LogP contribution in [0.2, 0.25) is 10.0 Å². The molecule has 15 heteroatoms. The van der Waals surface area contributed by atoms with Gasteiger partial charge in [0.1, 0.15) is 32.6 Å². The fourth-order valence-electron chi connectivity index (χ4n) is 6.75. The molecular formula is C35H35Cl2FN3O8S+. The lowest BCUT2D eigenvalue weighted by Crippen LogP contribution is -2.53. The maximum absolute atomic E-state index is 14.6. The predicted octanol–water partition coefficient (Wildman–Crippen LogP) is 6.75. The van der Waals surface area contributed by atoms with E-state index in [9.17, 15) is 29.4 Å². The molecule has 2 atom stereocenters. The fourth-order valence-corrected chi connectivity index (χ4v) is 8.40. The van der Waals surface area contributed by atoms with Crippen molar-refractivity contribution in [2.45, 2.75) is 37.8 Å². The highest BCUT2D eigenvalue weighted by molar-refractivity contribution is 7.14. The monoisotopic (exact) mass is 746 g/mol. The van der Waals surface area contributed by atoms with Gasteiger partial charge in [-0.05, 0) is 73.7 Å². The van der Waals surface area contributed by atoms with E-state index in [0.717, 1.165) is 54.1 Å². The Morgan fingerprint density at radius 3 is 2.36 bits per heavy atom. The number of hydrogen-bond donors (Lipinski definition) is 3. The maximum atomic E-state index is 14.6. The van der Waals surface area contributed by atoms with Gasteiger partial charge in [-0.15, -0.1) is 11.3 Å². The summed E-state index contributed by atoms with van der Waals surface area (Å²) in [5.74, 6) is -1.93. The lowest BCUT2D eigenvalue weighted by atomic mass is 9.85. The van der Waals surface area contributed by atoms with Gasteiger partial charge >= 0.3 is 12.1 Å². The molecule has 1 amide bonds. The number of methoxy groups -OCH3 is 2. The number of thiophene rings is 1. The van der Waals surface area contributed by atoms with E-state index in [4.69, 9.17) is 37.4 Å². The Bertz CT molecular complexity index is 1880. The summed E-state index contributed by atoms with van der Waals surface area (Å²) in [6, 6.07) is 10.2. The lowest BCUT2D eigenvalue weighted by molar-refractivity contribution is -0.904. The predicted molar refractivity (Wildman–Crippen MR) is 184 cm³/mol. The number of carboxylic acid groups (broad SMARTS) is 1. The quantitative estimate of drug-likeness (QED) is 0.113. The lowest BCUT2D eigenvalue weighted by Gasteiger charge is -2.44. The van der Waals surface area contributed by atoms with E-state index in [1.54, 1.807) is 24.3 Å². The first-order valence-corrected chi connectivity index (χ1v) is 17.4. The molecule has 2 bridgehead atoms. The zero-order chi connectivity index (χ0) is 35.7. The van der Waals surface area contributed by atoms with Crippen LogP contribution in [0.4, 0.5) is 14.9 Å². The first-order valence-electron chi connectivity index (χ1n) is 15.8. The van der Waals surface area contributed by atoms with Crippen LogP contribution in [0, 0.1) is 11.7 Å². The van der Waals surface area contributed by atoms with Crippen molar-refractivity contribution in [2.75, 3.05) is 38.8 Å². The number of amides is 1. The van der Waals surface area contributed by atoms with Crippen molar-refractivity contribution in [1.82, 2.24) is 4.90 Å². The fraction of sp³-hybridized carbons (Fsp3) is 0.343. The summed E-state index contributed by atoms with van der Waals surface area (Å²) in [6.45, 7) is 2.30. The first kappa shape index (κ1) is 35.5. The van der Waals surface area contributed by atoms with Gasteiger partial charge in [0.25, 0.3) is 0 Å². The molecule has 3 aliphatic heterocycles. The molecule has 0 saturated carbocycles. The Morgan fingerprint density at radius 2 is 1.76 bits per heavy atom. The van der Waals surface area contributed by atoms with E-state index in [2.05, 4.69) is 4.90 Å². The van der Waals surface area contributed by atoms with Crippen molar-refractivity contribution in [3.8, 4) is 17.2 Å². The highest BCUT2D eigenvalue weighted by Crippen LogP contribution is 2.42. The first-order chi connectivity index (χ1) is 23.9. The number of nitrogens with zero attached hydrogens (tertiary/aromatic N) is 3. The number of benzene rings is 2. The number of hydrogen-bond acceptors (Lipinski definition) is 9. The summed E-state index contributed by atoms with van der Waals surface area (Å²) in [5.41, 5.74) is 1.55. The van der Waals surface area contributed by atoms with Crippen molar-refractivity contribution in [3.63, 3.8) is 0 Å². The number of halogens is 3. The smallest absolute Gasteiger partial charge is 0.414 e. The van der Waals surface area contributed by atoms with Gasteiger partial charge < -0.3 is 24.4 Å². The standard InChI is InChI=1S/C35H34Cl2FN3O8S/c1-47-30-4-3-20(9-31(30)48-2)25(14-27-28(36)16-40(46)17-29(27)37)26-13-24(50-33(26)34(43)44)15-41(22-10-21(38)11-23(42)12-22)35(45)49-32-18-39-7-5-19(32)6-8-39/h3-4,9-13,16-17,19,25,32H,5-8,14-15,18H2,1-2H3,(H2-,42,43,44,46)/p+1/t25-,32-/m0/s1. The number of fused-ring (bicyclic) bond motifs is 3. The van der Waals surface area contributed by atoms with Gasteiger partial charge in [0.05, 0.1) is 26.5 Å². The van der Waals surface area contributed by atoms with E-state index >= 15 is 0 Å². The average molecular weight is 748 g/mol. The van der Waals surface area contributed by atoms with E-state index < -0.39 is 23.8 Å². The molecule has 0 aliphatic carbocycles. The van der Waals surface area contributed by atoms with E-state index in [0.29, 0.717) is 39.6 Å². The molecule has 2 aromatic carbocycles. The number of ether oxygens (including phenoxy) is 3. The van der Waals surface area contributed by atoms with Gasteiger partial charge in [0.15, 0.2) is 11.5 Å². The maximum Gasteiger partial charge on any atom is 0.414 e. The number of anilines is 1.